The lowest BCUT2D eigenvalue weighted by Crippen LogP contribution is -2.31. The minimum Gasteiger partial charge on any atom is -0.429 e. The number of pyridine rings is 1. The number of hydrogen-bond donors (Lipinski definition) is 1. The molecule has 0 saturated heterocycles. The Hall–Kier alpha value is -3.38. The number of nitrogens with zero attached hydrogens (tertiary/aromatic N) is 3. The first-order valence-corrected chi connectivity index (χ1v) is 10.6. The molecule has 1 aliphatic rings. The molecule has 1 N–H and O–H groups in total. The van der Waals surface area contributed by atoms with Gasteiger partial charge >= 0.3 is 0 Å². The number of halogens is 1. The van der Waals surface area contributed by atoms with Crippen molar-refractivity contribution >= 4 is 34.8 Å². The van der Waals surface area contributed by atoms with Gasteiger partial charge in [-0.15, -0.1) is 0 Å². The van der Waals surface area contributed by atoms with Crippen LogP contribution in [-0.2, 0) is 24.2 Å². The van der Waals surface area contributed by atoms with Gasteiger partial charge in [0.2, 0.25) is 0 Å². The normalized spacial score (nSPS) is 13.3. The number of carbonyl (C=O) groups excluding carboxylic acids is 1. The van der Waals surface area contributed by atoms with E-state index in [0.717, 1.165) is 64.5 Å². The second kappa shape index (κ2) is 8.04. The van der Waals surface area contributed by atoms with Crippen molar-refractivity contribution in [3.63, 3.8) is 0 Å². The third-order valence-electron chi connectivity index (χ3n) is 5.84. The Morgan fingerprint density at radius 3 is 3.00 bits per heavy atom. The highest BCUT2D eigenvalue weighted by atomic mass is 35.5. The fraction of sp³-hybridized carbons (Fsp3) is 0.208. The number of benzene rings is 2. The summed E-state index contributed by atoms with van der Waals surface area (Å²) in [5.74, 6) is 1.44. The van der Waals surface area contributed by atoms with Crippen molar-refractivity contribution in [3.8, 4) is 17.0 Å². The Morgan fingerprint density at radius 2 is 2.16 bits per heavy atom. The number of H-pyrrole nitrogens is 1. The van der Waals surface area contributed by atoms with Crippen molar-refractivity contribution in [2.75, 3.05) is 11.4 Å². The maximum Gasteiger partial charge on any atom is 0.298 e. The van der Waals surface area contributed by atoms with E-state index in [0.29, 0.717) is 12.2 Å². The predicted molar refractivity (Wildman–Crippen MR) is 122 cm³/mol. The average molecular weight is 433 g/mol. The van der Waals surface area contributed by atoms with E-state index in [1.165, 1.54) is 11.1 Å². The minimum atomic E-state index is 0.446. The number of anilines is 1. The van der Waals surface area contributed by atoms with E-state index in [-0.39, 0.29) is 0 Å². The molecule has 0 bridgehead atoms. The average Bonchev–Trinajstić information content (AvgIpc) is 3.27. The Balaban J connectivity index is 1.60. The standard InChI is InChI=1S/C24H21ClN4O2/c1-2-15-10-17(31-14-30)6-7-19(15)22-11-23-20(12-26-28-23)24(27-22)29-9-8-18-16(13-29)4-3-5-21(18)25/h3-7,10-12,14H,2,8-9,13H2,1H3,(H,26,28). The molecule has 0 saturated carbocycles. The summed E-state index contributed by atoms with van der Waals surface area (Å²) in [7, 11) is 0. The maximum atomic E-state index is 10.7. The zero-order chi connectivity index (χ0) is 21.4. The van der Waals surface area contributed by atoms with Crippen LogP contribution in [0.4, 0.5) is 5.82 Å². The second-order valence-electron chi connectivity index (χ2n) is 7.60. The Labute approximate surface area is 184 Å². The molecule has 6 nitrogen and oxygen atoms in total. The van der Waals surface area contributed by atoms with Crippen molar-refractivity contribution in [1.82, 2.24) is 15.2 Å². The van der Waals surface area contributed by atoms with Gasteiger partial charge in [0.25, 0.3) is 6.47 Å². The molecule has 2 aromatic carbocycles. The number of carbonyl (C=O) groups is 1. The molecule has 0 radical (unpaired) electrons. The molecule has 0 unspecified atom stereocenters. The summed E-state index contributed by atoms with van der Waals surface area (Å²) in [6, 6.07) is 13.7. The van der Waals surface area contributed by atoms with Crippen LogP contribution in [0.15, 0.2) is 48.7 Å². The van der Waals surface area contributed by atoms with Gasteiger partial charge in [-0.1, -0.05) is 30.7 Å². The lowest BCUT2D eigenvalue weighted by molar-refractivity contribution is -0.120. The van der Waals surface area contributed by atoms with Crippen LogP contribution in [0.3, 0.4) is 0 Å². The fourth-order valence-electron chi connectivity index (χ4n) is 4.29. The molecule has 2 aromatic heterocycles. The van der Waals surface area contributed by atoms with Crippen molar-refractivity contribution in [2.45, 2.75) is 26.3 Å². The van der Waals surface area contributed by atoms with Crippen molar-refractivity contribution in [2.24, 2.45) is 0 Å². The van der Waals surface area contributed by atoms with E-state index >= 15 is 0 Å². The summed E-state index contributed by atoms with van der Waals surface area (Å²) in [5, 5.41) is 9.18. The summed E-state index contributed by atoms with van der Waals surface area (Å²) >= 11 is 6.41. The summed E-state index contributed by atoms with van der Waals surface area (Å²) in [5.41, 5.74) is 6.32. The van der Waals surface area contributed by atoms with E-state index < -0.39 is 0 Å². The van der Waals surface area contributed by atoms with Gasteiger partial charge in [0.15, 0.2) is 0 Å². The highest BCUT2D eigenvalue weighted by Gasteiger charge is 2.22. The molecule has 156 valence electrons. The maximum absolute atomic E-state index is 10.7. The Bertz CT molecular complexity index is 1280. The van der Waals surface area contributed by atoms with E-state index in [2.05, 4.69) is 28.1 Å². The molecule has 31 heavy (non-hydrogen) atoms. The number of hydrogen-bond acceptors (Lipinski definition) is 5. The number of fused-ring (bicyclic) bond motifs is 2. The summed E-state index contributed by atoms with van der Waals surface area (Å²) < 4.78 is 5.02. The number of ether oxygens (including phenoxy) is 1. The Morgan fingerprint density at radius 1 is 1.26 bits per heavy atom. The van der Waals surface area contributed by atoms with Gasteiger partial charge in [0.05, 0.1) is 22.8 Å². The lowest BCUT2D eigenvalue weighted by atomic mass is 9.99. The molecule has 0 fully saturated rings. The van der Waals surface area contributed by atoms with Crippen LogP contribution in [-0.4, -0.2) is 28.2 Å². The van der Waals surface area contributed by atoms with Crippen LogP contribution in [0.25, 0.3) is 22.2 Å². The molecular weight excluding hydrogens is 412 g/mol. The largest absolute Gasteiger partial charge is 0.429 e. The number of nitrogens with one attached hydrogen (secondary N) is 1. The molecule has 1 aliphatic heterocycles. The lowest BCUT2D eigenvalue weighted by Gasteiger charge is -2.31. The number of aromatic nitrogens is 3. The predicted octanol–water partition coefficient (Wildman–Crippen LogP) is 4.94. The van der Waals surface area contributed by atoms with Gasteiger partial charge in [0, 0.05) is 23.7 Å². The SMILES string of the molecule is CCc1cc(OC=O)ccc1-c1cc2[nH]ncc2c(N2CCc3c(Cl)cccc3C2)n1. The summed E-state index contributed by atoms with van der Waals surface area (Å²) in [6.07, 6.45) is 3.49. The van der Waals surface area contributed by atoms with E-state index in [9.17, 15) is 4.79 Å². The van der Waals surface area contributed by atoms with Crippen LogP contribution in [0.5, 0.6) is 5.75 Å². The zero-order valence-corrected chi connectivity index (χ0v) is 17.8. The van der Waals surface area contributed by atoms with Crippen LogP contribution in [0.2, 0.25) is 5.02 Å². The summed E-state index contributed by atoms with van der Waals surface area (Å²) in [4.78, 5) is 18.1. The van der Waals surface area contributed by atoms with E-state index in [1.54, 1.807) is 6.07 Å². The first kappa shape index (κ1) is 19.6. The van der Waals surface area contributed by atoms with Crippen LogP contribution < -0.4 is 9.64 Å². The molecule has 4 aromatic rings. The summed E-state index contributed by atoms with van der Waals surface area (Å²) in [6.45, 7) is 4.10. The number of aryl methyl sites for hydroxylation is 1. The topological polar surface area (TPSA) is 71.1 Å². The molecule has 7 heteroatoms. The minimum absolute atomic E-state index is 0.446. The first-order chi connectivity index (χ1) is 15.2. The fourth-order valence-corrected chi connectivity index (χ4v) is 4.58. The molecule has 0 atom stereocenters. The van der Waals surface area contributed by atoms with Crippen molar-refractivity contribution < 1.29 is 9.53 Å². The highest BCUT2D eigenvalue weighted by Crippen LogP contribution is 2.35. The third-order valence-corrected chi connectivity index (χ3v) is 6.20. The van der Waals surface area contributed by atoms with Gasteiger partial charge in [-0.05, 0) is 59.9 Å². The molecule has 5 rings (SSSR count). The third kappa shape index (κ3) is 3.53. The van der Waals surface area contributed by atoms with Crippen molar-refractivity contribution in [1.29, 1.82) is 0 Å². The zero-order valence-electron chi connectivity index (χ0n) is 17.1. The molecule has 3 heterocycles. The van der Waals surface area contributed by atoms with Gasteiger partial charge in [-0.3, -0.25) is 9.89 Å². The Kier molecular flexibility index (Phi) is 5.08. The molecular formula is C24H21ClN4O2. The monoisotopic (exact) mass is 432 g/mol. The van der Waals surface area contributed by atoms with Crippen LogP contribution in [0, 0.1) is 0 Å². The van der Waals surface area contributed by atoms with E-state index in [4.69, 9.17) is 21.3 Å². The number of aromatic amines is 1. The smallest absolute Gasteiger partial charge is 0.298 e. The van der Waals surface area contributed by atoms with Crippen molar-refractivity contribution in [3.05, 3.63) is 70.4 Å². The molecule has 0 amide bonds. The highest BCUT2D eigenvalue weighted by molar-refractivity contribution is 6.31. The van der Waals surface area contributed by atoms with Crippen LogP contribution >= 0.6 is 11.6 Å². The van der Waals surface area contributed by atoms with Gasteiger partial charge in [-0.2, -0.15) is 5.10 Å². The van der Waals surface area contributed by atoms with Crippen LogP contribution in [0.1, 0.15) is 23.6 Å². The van der Waals surface area contributed by atoms with Gasteiger partial charge < -0.3 is 9.64 Å². The van der Waals surface area contributed by atoms with Gasteiger partial charge in [0.1, 0.15) is 11.6 Å². The van der Waals surface area contributed by atoms with Gasteiger partial charge in [-0.25, -0.2) is 4.98 Å². The number of rotatable bonds is 5. The molecule has 0 aliphatic carbocycles. The second-order valence-corrected chi connectivity index (χ2v) is 8.01. The quantitative estimate of drug-likeness (QED) is 0.452. The molecule has 0 spiro atoms. The van der Waals surface area contributed by atoms with E-state index in [1.807, 2.05) is 36.5 Å². The first-order valence-electron chi connectivity index (χ1n) is 10.3.